The summed E-state index contributed by atoms with van der Waals surface area (Å²) in [6.45, 7) is 2.98. The minimum absolute atomic E-state index is 0.308. The Kier molecular flexibility index (Phi) is 5.51. The number of aromatic nitrogens is 7. The Morgan fingerprint density at radius 1 is 0.833 bits per heavy atom. The zero-order valence-electron chi connectivity index (χ0n) is 19.6. The summed E-state index contributed by atoms with van der Waals surface area (Å²) in [6.07, 6.45) is 11.1. The van der Waals surface area contributed by atoms with Crippen LogP contribution in [0.2, 0.25) is 0 Å². The molecule has 0 aliphatic carbocycles. The molecule has 1 fully saturated rings. The first-order valence-electron chi connectivity index (χ1n) is 11.6. The Bertz CT molecular complexity index is 1520. The maximum absolute atomic E-state index is 14.0. The van der Waals surface area contributed by atoms with Gasteiger partial charge >= 0.3 is 0 Å². The second-order valence-electron chi connectivity index (χ2n) is 8.82. The summed E-state index contributed by atoms with van der Waals surface area (Å²) in [4.78, 5) is 17.9. The molecule has 5 aromatic rings. The van der Waals surface area contributed by atoms with Gasteiger partial charge in [-0.25, -0.2) is 28.2 Å². The van der Waals surface area contributed by atoms with E-state index in [9.17, 15) is 8.78 Å². The van der Waals surface area contributed by atoms with Gasteiger partial charge in [-0.1, -0.05) is 6.07 Å². The van der Waals surface area contributed by atoms with Gasteiger partial charge in [-0.15, -0.1) is 0 Å². The first kappa shape index (κ1) is 22.1. The quantitative estimate of drug-likeness (QED) is 0.377. The van der Waals surface area contributed by atoms with Gasteiger partial charge in [0, 0.05) is 81.6 Å². The van der Waals surface area contributed by atoms with Crippen LogP contribution >= 0.6 is 0 Å². The molecule has 182 valence electrons. The number of benzene rings is 1. The van der Waals surface area contributed by atoms with Crippen LogP contribution in [0.25, 0.3) is 16.6 Å². The molecule has 4 aromatic heterocycles. The molecule has 36 heavy (non-hydrogen) atoms. The van der Waals surface area contributed by atoms with Gasteiger partial charge < -0.3 is 9.80 Å². The zero-order valence-corrected chi connectivity index (χ0v) is 19.6. The van der Waals surface area contributed by atoms with E-state index in [0.717, 1.165) is 60.3 Å². The number of piperazine rings is 1. The molecule has 9 nitrogen and oxygen atoms in total. The Morgan fingerprint density at radius 3 is 2.33 bits per heavy atom. The Morgan fingerprint density at radius 2 is 1.61 bits per heavy atom. The molecule has 1 saturated heterocycles. The molecule has 0 radical (unpaired) electrons. The summed E-state index contributed by atoms with van der Waals surface area (Å²) in [5.74, 6) is 0.366. The highest BCUT2D eigenvalue weighted by atomic mass is 19.1. The lowest BCUT2D eigenvalue weighted by Crippen LogP contribution is -2.47. The molecular weight excluding hydrogens is 464 g/mol. The van der Waals surface area contributed by atoms with E-state index < -0.39 is 11.6 Å². The van der Waals surface area contributed by atoms with Crippen molar-refractivity contribution in [1.82, 2.24) is 34.3 Å². The molecule has 1 aromatic carbocycles. The van der Waals surface area contributed by atoms with Crippen molar-refractivity contribution >= 4 is 17.3 Å². The van der Waals surface area contributed by atoms with Crippen molar-refractivity contribution in [2.45, 2.75) is 6.42 Å². The summed E-state index contributed by atoms with van der Waals surface area (Å²) in [7, 11) is 1.90. The third kappa shape index (κ3) is 4.23. The van der Waals surface area contributed by atoms with E-state index in [4.69, 9.17) is 0 Å². The molecule has 5 heterocycles. The van der Waals surface area contributed by atoms with Crippen molar-refractivity contribution in [1.29, 1.82) is 0 Å². The number of halogens is 2. The maximum Gasteiger partial charge on any atom is 0.225 e. The average Bonchev–Trinajstić information content (AvgIpc) is 3.52. The normalized spacial score (nSPS) is 14.1. The van der Waals surface area contributed by atoms with E-state index >= 15 is 0 Å². The van der Waals surface area contributed by atoms with Crippen LogP contribution in [0.4, 0.5) is 20.5 Å². The van der Waals surface area contributed by atoms with E-state index in [0.29, 0.717) is 17.9 Å². The van der Waals surface area contributed by atoms with E-state index in [1.807, 2.05) is 30.2 Å². The Hall–Kier alpha value is -4.41. The molecule has 0 bridgehead atoms. The highest BCUT2D eigenvalue weighted by molar-refractivity contribution is 5.77. The van der Waals surface area contributed by atoms with Gasteiger partial charge in [0.15, 0.2) is 5.82 Å². The topological polar surface area (TPSA) is 80.3 Å². The average molecular weight is 488 g/mol. The fourth-order valence-corrected chi connectivity index (χ4v) is 4.49. The molecule has 0 unspecified atom stereocenters. The smallest absolute Gasteiger partial charge is 0.225 e. The second kappa shape index (κ2) is 8.99. The standard InChI is InChI=1S/C25H23F2N9/c1-33-14-20(13-31-33)19-9-23-24(30-16-32-36(23)15-19)34-4-6-35(7-5-34)25-28-11-17(12-29-25)8-18-2-3-21(26)10-22(18)27/h2-3,9-16H,4-8H2,1H3. The first-order valence-corrected chi connectivity index (χ1v) is 11.6. The molecule has 11 heteroatoms. The van der Waals surface area contributed by atoms with Gasteiger partial charge in [-0.05, 0) is 23.3 Å². The van der Waals surface area contributed by atoms with Gasteiger partial charge in [0.1, 0.15) is 23.5 Å². The van der Waals surface area contributed by atoms with Gasteiger partial charge in [0.05, 0.1) is 6.20 Å². The first-order chi connectivity index (χ1) is 17.5. The number of aryl methyl sites for hydroxylation is 1. The van der Waals surface area contributed by atoms with Crippen LogP contribution in [-0.4, -0.2) is 60.5 Å². The van der Waals surface area contributed by atoms with Gasteiger partial charge in [-0.3, -0.25) is 4.68 Å². The van der Waals surface area contributed by atoms with Crippen molar-refractivity contribution in [3.63, 3.8) is 0 Å². The van der Waals surface area contributed by atoms with Crippen LogP contribution in [0.15, 0.2) is 61.6 Å². The summed E-state index contributed by atoms with van der Waals surface area (Å²) in [5.41, 5.74) is 4.19. The fraction of sp³-hybridized carbons (Fsp3) is 0.240. The minimum Gasteiger partial charge on any atom is -0.351 e. The summed E-state index contributed by atoms with van der Waals surface area (Å²) in [5, 5.41) is 8.64. The SMILES string of the molecule is Cn1cc(-c2cc3c(N4CCN(c5ncc(Cc6ccc(F)cc6F)cn5)CC4)ncnn3c2)cn1. The monoisotopic (exact) mass is 487 g/mol. The van der Waals surface area contributed by atoms with Gasteiger partial charge in [0.25, 0.3) is 0 Å². The predicted molar refractivity (Wildman–Crippen MR) is 131 cm³/mol. The molecule has 0 N–H and O–H groups in total. The fourth-order valence-electron chi connectivity index (χ4n) is 4.49. The Balaban J connectivity index is 1.14. The van der Waals surface area contributed by atoms with Crippen molar-refractivity contribution < 1.29 is 8.78 Å². The largest absolute Gasteiger partial charge is 0.351 e. The molecule has 1 aliphatic rings. The number of rotatable bonds is 5. The van der Waals surface area contributed by atoms with Crippen molar-refractivity contribution in [2.24, 2.45) is 7.05 Å². The maximum atomic E-state index is 14.0. The number of nitrogens with zero attached hydrogens (tertiary/aromatic N) is 9. The summed E-state index contributed by atoms with van der Waals surface area (Å²) in [6, 6.07) is 5.69. The lowest BCUT2D eigenvalue weighted by atomic mass is 10.1. The minimum atomic E-state index is -0.587. The highest BCUT2D eigenvalue weighted by Gasteiger charge is 2.22. The second-order valence-corrected chi connectivity index (χ2v) is 8.82. The molecule has 0 saturated carbocycles. The van der Waals surface area contributed by atoms with Crippen LogP contribution in [0, 0.1) is 11.6 Å². The molecule has 0 amide bonds. The van der Waals surface area contributed by atoms with E-state index in [1.54, 1.807) is 23.4 Å². The van der Waals surface area contributed by atoms with Crippen LogP contribution in [0.1, 0.15) is 11.1 Å². The summed E-state index contributed by atoms with van der Waals surface area (Å²) < 4.78 is 30.7. The molecule has 6 rings (SSSR count). The summed E-state index contributed by atoms with van der Waals surface area (Å²) >= 11 is 0. The van der Waals surface area contributed by atoms with Crippen LogP contribution in [0.3, 0.4) is 0 Å². The van der Waals surface area contributed by atoms with Gasteiger partial charge in [-0.2, -0.15) is 10.2 Å². The van der Waals surface area contributed by atoms with Crippen molar-refractivity contribution in [3.8, 4) is 11.1 Å². The van der Waals surface area contributed by atoms with Crippen LogP contribution in [0.5, 0.6) is 0 Å². The van der Waals surface area contributed by atoms with E-state index in [-0.39, 0.29) is 0 Å². The lowest BCUT2D eigenvalue weighted by molar-refractivity contribution is 0.574. The molecule has 1 aliphatic heterocycles. The van der Waals surface area contributed by atoms with Crippen molar-refractivity contribution in [3.05, 3.63) is 84.3 Å². The van der Waals surface area contributed by atoms with E-state index in [1.165, 1.54) is 12.1 Å². The Labute approximate surface area is 205 Å². The number of fused-ring (bicyclic) bond motifs is 1. The number of hydrogen-bond donors (Lipinski definition) is 0. The molecule has 0 spiro atoms. The van der Waals surface area contributed by atoms with Crippen LogP contribution < -0.4 is 9.80 Å². The predicted octanol–water partition coefficient (Wildman–Crippen LogP) is 3.12. The zero-order chi connectivity index (χ0) is 24.6. The highest BCUT2D eigenvalue weighted by Crippen LogP contribution is 2.27. The third-order valence-corrected chi connectivity index (χ3v) is 6.39. The molecular formula is C25H23F2N9. The van der Waals surface area contributed by atoms with Crippen molar-refractivity contribution in [2.75, 3.05) is 36.0 Å². The van der Waals surface area contributed by atoms with Gasteiger partial charge in [0.2, 0.25) is 5.95 Å². The van der Waals surface area contributed by atoms with Crippen LogP contribution in [-0.2, 0) is 13.5 Å². The number of anilines is 2. The lowest BCUT2D eigenvalue weighted by Gasteiger charge is -2.35. The van der Waals surface area contributed by atoms with E-state index in [2.05, 4.69) is 41.0 Å². The molecule has 0 atom stereocenters. The third-order valence-electron chi connectivity index (χ3n) is 6.39. The number of hydrogen-bond acceptors (Lipinski definition) is 7.